The van der Waals surface area contributed by atoms with Gasteiger partial charge in [0.05, 0.1) is 0 Å². The maximum Gasteiger partial charge on any atom is 0.191 e. The number of hydrogen-bond donors (Lipinski definition) is 2. The molecule has 0 aromatic carbocycles. The topological polar surface area (TPSA) is 48.9 Å². The molecule has 0 saturated heterocycles. The van der Waals surface area contributed by atoms with Crippen LogP contribution in [-0.2, 0) is 4.74 Å². The predicted molar refractivity (Wildman–Crippen MR) is 128 cm³/mol. The van der Waals surface area contributed by atoms with Gasteiger partial charge in [-0.15, -0.1) is 37.1 Å². The summed E-state index contributed by atoms with van der Waals surface area (Å²) in [4.78, 5) is 6.82. The van der Waals surface area contributed by atoms with E-state index < -0.39 is 0 Å². The molecule has 1 unspecified atom stereocenters. The maximum atomic E-state index is 5.29. The largest absolute Gasteiger partial charge is 0.385 e. The third-order valence-corrected chi connectivity index (χ3v) is 5.55. The predicted octanol–water partition coefficient (Wildman–Crippen LogP) is 3.67. The van der Waals surface area contributed by atoms with Crippen molar-refractivity contribution in [3.8, 4) is 0 Å². The van der Waals surface area contributed by atoms with Gasteiger partial charge in [0.15, 0.2) is 5.96 Å². The van der Waals surface area contributed by atoms with Crippen molar-refractivity contribution in [1.82, 2.24) is 15.5 Å². The number of rotatable bonds is 13. The quantitative estimate of drug-likeness (QED) is 0.178. The zero-order valence-corrected chi connectivity index (χ0v) is 20.1. The summed E-state index contributed by atoms with van der Waals surface area (Å²) in [6.45, 7) is 16.7. The number of ether oxygens (including phenoxy) is 1. The Morgan fingerprint density at radius 2 is 1.85 bits per heavy atom. The third kappa shape index (κ3) is 8.96. The molecule has 1 aliphatic carbocycles. The molecule has 1 atom stereocenters. The Kier molecular flexibility index (Phi) is 14.1. The van der Waals surface area contributed by atoms with E-state index in [1.807, 2.05) is 19.2 Å². The van der Waals surface area contributed by atoms with Gasteiger partial charge in [0.2, 0.25) is 0 Å². The fraction of sp³-hybridized carbons (Fsp3) is 0.762. The molecular weight excluding hydrogens is 451 g/mol. The molecule has 6 heteroatoms. The van der Waals surface area contributed by atoms with Gasteiger partial charge in [-0.05, 0) is 30.6 Å². The summed E-state index contributed by atoms with van der Waals surface area (Å²) < 4.78 is 5.29. The minimum Gasteiger partial charge on any atom is -0.385 e. The molecule has 2 N–H and O–H groups in total. The van der Waals surface area contributed by atoms with Gasteiger partial charge in [0, 0.05) is 53.0 Å². The molecule has 0 amide bonds. The van der Waals surface area contributed by atoms with Crippen LogP contribution in [0.1, 0.15) is 39.5 Å². The van der Waals surface area contributed by atoms with E-state index in [0.717, 1.165) is 45.2 Å². The van der Waals surface area contributed by atoms with Crippen molar-refractivity contribution in [2.75, 3.05) is 46.9 Å². The fourth-order valence-corrected chi connectivity index (χ4v) is 3.67. The average molecular weight is 492 g/mol. The van der Waals surface area contributed by atoms with Crippen molar-refractivity contribution >= 4 is 29.9 Å². The van der Waals surface area contributed by atoms with Crippen LogP contribution in [0.4, 0.5) is 0 Å². The zero-order chi connectivity index (χ0) is 19.4. The zero-order valence-electron chi connectivity index (χ0n) is 17.8. The Labute approximate surface area is 184 Å². The molecule has 27 heavy (non-hydrogen) atoms. The summed E-state index contributed by atoms with van der Waals surface area (Å²) >= 11 is 0. The first-order chi connectivity index (χ1) is 12.5. The molecule has 0 bridgehead atoms. The number of guanidine groups is 1. The average Bonchev–Trinajstić information content (AvgIpc) is 2.58. The summed E-state index contributed by atoms with van der Waals surface area (Å²) in [5, 5.41) is 7.07. The van der Waals surface area contributed by atoms with Gasteiger partial charge in [-0.25, -0.2) is 0 Å². The van der Waals surface area contributed by atoms with Gasteiger partial charge in [-0.1, -0.05) is 32.4 Å². The number of nitrogens with one attached hydrogen (secondary N) is 2. The molecule has 0 aliphatic heterocycles. The van der Waals surface area contributed by atoms with Crippen molar-refractivity contribution in [1.29, 1.82) is 0 Å². The second-order valence-corrected chi connectivity index (χ2v) is 7.75. The molecule has 0 aromatic rings. The van der Waals surface area contributed by atoms with Gasteiger partial charge in [0.1, 0.15) is 0 Å². The monoisotopic (exact) mass is 492 g/mol. The van der Waals surface area contributed by atoms with Crippen LogP contribution in [0.3, 0.4) is 0 Å². The van der Waals surface area contributed by atoms with Gasteiger partial charge >= 0.3 is 0 Å². The van der Waals surface area contributed by atoms with Crippen LogP contribution in [0.25, 0.3) is 0 Å². The standard InChI is InChI=1S/C21H40N4O.HI/c1-7-13-25(14-8-2)19(18(3)4)16-23-20(22-5)24-17-21(10-9-11-21)12-15-26-6;/h7-8,18-19H,1-2,9-17H2,3-6H3,(H2,22,23,24);1H. The van der Waals surface area contributed by atoms with Crippen molar-refractivity contribution < 1.29 is 4.74 Å². The van der Waals surface area contributed by atoms with Gasteiger partial charge in [0.25, 0.3) is 0 Å². The lowest BCUT2D eigenvalue weighted by atomic mass is 9.67. The molecule has 1 saturated carbocycles. The molecule has 5 nitrogen and oxygen atoms in total. The number of hydrogen-bond acceptors (Lipinski definition) is 3. The summed E-state index contributed by atoms with van der Waals surface area (Å²) in [5.74, 6) is 1.41. The van der Waals surface area contributed by atoms with Crippen LogP contribution < -0.4 is 10.6 Å². The summed E-state index contributed by atoms with van der Waals surface area (Å²) in [7, 11) is 3.62. The lowest BCUT2D eigenvalue weighted by Crippen LogP contribution is -2.51. The first kappa shape index (κ1) is 26.4. The highest BCUT2D eigenvalue weighted by Gasteiger charge is 2.36. The van der Waals surface area contributed by atoms with Crippen LogP contribution in [-0.4, -0.2) is 63.8 Å². The molecule has 0 aromatic heterocycles. The fourth-order valence-electron chi connectivity index (χ4n) is 3.67. The molecule has 158 valence electrons. The number of aliphatic imine (C=N–C) groups is 1. The Hall–Kier alpha value is -0.600. The molecule has 0 heterocycles. The van der Waals surface area contributed by atoms with Gasteiger partial charge < -0.3 is 15.4 Å². The lowest BCUT2D eigenvalue weighted by Gasteiger charge is -2.42. The second-order valence-electron chi connectivity index (χ2n) is 7.75. The lowest BCUT2D eigenvalue weighted by molar-refractivity contribution is 0.0732. The third-order valence-electron chi connectivity index (χ3n) is 5.55. The Bertz CT molecular complexity index is 439. The normalized spacial score (nSPS) is 17.0. The van der Waals surface area contributed by atoms with E-state index in [9.17, 15) is 0 Å². The van der Waals surface area contributed by atoms with Crippen LogP contribution in [0.15, 0.2) is 30.3 Å². The summed E-state index contributed by atoms with van der Waals surface area (Å²) in [6, 6.07) is 0.399. The highest BCUT2D eigenvalue weighted by molar-refractivity contribution is 14.0. The van der Waals surface area contributed by atoms with E-state index in [1.165, 1.54) is 19.3 Å². The SMILES string of the molecule is C=CCN(CC=C)C(CNC(=NC)NCC1(CCOC)CCC1)C(C)C.I. The summed E-state index contributed by atoms with van der Waals surface area (Å²) in [5.41, 5.74) is 0.378. The van der Waals surface area contributed by atoms with Crippen LogP contribution in [0, 0.1) is 11.3 Å². The van der Waals surface area contributed by atoms with E-state index in [0.29, 0.717) is 17.4 Å². The number of methoxy groups -OCH3 is 1. The number of nitrogens with zero attached hydrogens (tertiary/aromatic N) is 2. The van der Waals surface area contributed by atoms with Crippen LogP contribution >= 0.6 is 24.0 Å². The van der Waals surface area contributed by atoms with E-state index in [1.54, 1.807) is 7.11 Å². The second kappa shape index (κ2) is 14.4. The first-order valence-electron chi connectivity index (χ1n) is 9.91. The van der Waals surface area contributed by atoms with Crippen molar-refractivity contribution in [3.63, 3.8) is 0 Å². The van der Waals surface area contributed by atoms with Crippen molar-refractivity contribution in [2.45, 2.75) is 45.6 Å². The molecule has 1 aliphatic rings. The Morgan fingerprint density at radius 1 is 1.22 bits per heavy atom. The minimum atomic E-state index is 0. The number of halogens is 1. The van der Waals surface area contributed by atoms with Crippen molar-refractivity contribution in [3.05, 3.63) is 25.3 Å². The maximum absolute atomic E-state index is 5.29. The molecular formula is C21H41IN4O. The van der Waals surface area contributed by atoms with Crippen molar-refractivity contribution in [2.24, 2.45) is 16.3 Å². The summed E-state index contributed by atoms with van der Waals surface area (Å²) in [6.07, 6.45) is 8.92. The first-order valence-corrected chi connectivity index (χ1v) is 9.91. The van der Waals surface area contributed by atoms with E-state index in [2.05, 4.69) is 47.5 Å². The van der Waals surface area contributed by atoms with Crippen LogP contribution in [0.2, 0.25) is 0 Å². The van der Waals surface area contributed by atoms with E-state index in [-0.39, 0.29) is 24.0 Å². The van der Waals surface area contributed by atoms with Gasteiger partial charge in [-0.3, -0.25) is 9.89 Å². The van der Waals surface area contributed by atoms with Gasteiger partial charge in [-0.2, -0.15) is 0 Å². The smallest absolute Gasteiger partial charge is 0.191 e. The minimum absolute atomic E-state index is 0. The van der Waals surface area contributed by atoms with E-state index in [4.69, 9.17) is 4.74 Å². The molecule has 1 fully saturated rings. The molecule has 1 rings (SSSR count). The Balaban J connectivity index is 0.00000676. The molecule has 0 radical (unpaired) electrons. The Morgan fingerprint density at radius 3 is 2.26 bits per heavy atom. The highest BCUT2D eigenvalue weighted by Crippen LogP contribution is 2.43. The van der Waals surface area contributed by atoms with Crippen LogP contribution in [0.5, 0.6) is 0 Å². The van der Waals surface area contributed by atoms with E-state index >= 15 is 0 Å². The highest BCUT2D eigenvalue weighted by atomic mass is 127. The molecule has 0 spiro atoms.